The van der Waals surface area contributed by atoms with E-state index < -0.39 is 5.97 Å². The molecular formula is C18H15NO5. The van der Waals surface area contributed by atoms with Gasteiger partial charge in [-0.25, -0.2) is 9.78 Å². The molecule has 0 fully saturated rings. The van der Waals surface area contributed by atoms with Crippen molar-refractivity contribution in [2.24, 2.45) is 0 Å². The summed E-state index contributed by atoms with van der Waals surface area (Å²) in [6.07, 6.45) is 1.30. The van der Waals surface area contributed by atoms with Gasteiger partial charge in [0.05, 0.1) is 12.2 Å². The van der Waals surface area contributed by atoms with Gasteiger partial charge in [-0.3, -0.25) is 4.79 Å². The van der Waals surface area contributed by atoms with Gasteiger partial charge in [0.2, 0.25) is 0 Å². The summed E-state index contributed by atoms with van der Waals surface area (Å²) >= 11 is 0. The maximum absolute atomic E-state index is 12.1. The first-order valence-electron chi connectivity index (χ1n) is 7.44. The molecule has 0 aliphatic rings. The highest BCUT2D eigenvalue weighted by Crippen LogP contribution is 2.16. The van der Waals surface area contributed by atoms with E-state index in [1.807, 2.05) is 6.92 Å². The number of benzene rings is 2. The van der Waals surface area contributed by atoms with Crippen LogP contribution in [-0.4, -0.2) is 30.0 Å². The minimum Gasteiger partial charge on any atom is -0.494 e. The smallest absolute Gasteiger partial charge is 0.338 e. The highest BCUT2D eigenvalue weighted by molar-refractivity contribution is 6.00. The Morgan fingerprint density at radius 1 is 1.08 bits per heavy atom. The van der Waals surface area contributed by atoms with E-state index in [1.54, 1.807) is 42.5 Å². The fraction of sp³-hybridized carbons (Fsp3) is 0.167. The van der Waals surface area contributed by atoms with Crippen molar-refractivity contribution in [1.82, 2.24) is 4.98 Å². The van der Waals surface area contributed by atoms with Crippen molar-refractivity contribution in [3.05, 3.63) is 60.0 Å². The second kappa shape index (κ2) is 6.95. The first kappa shape index (κ1) is 15.7. The van der Waals surface area contributed by atoms with E-state index in [0.29, 0.717) is 34.6 Å². The highest BCUT2D eigenvalue weighted by Gasteiger charge is 2.13. The summed E-state index contributed by atoms with van der Waals surface area (Å²) in [5.74, 6) is -0.181. The molecule has 0 N–H and O–H groups in total. The van der Waals surface area contributed by atoms with Gasteiger partial charge in [0, 0.05) is 5.56 Å². The molecule has 2 aromatic carbocycles. The largest absolute Gasteiger partial charge is 0.494 e. The molecule has 3 rings (SSSR count). The number of Topliss-reactive ketones (excluding diaryl/α,β-unsaturated/α-hetero) is 1. The SMILES string of the molecule is CCOc1ccc(C(=O)COC(=O)c2ccc3ocnc3c2)cc1. The summed E-state index contributed by atoms with van der Waals surface area (Å²) in [6.45, 7) is 2.11. The van der Waals surface area contributed by atoms with E-state index in [9.17, 15) is 9.59 Å². The van der Waals surface area contributed by atoms with Gasteiger partial charge in [-0.15, -0.1) is 0 Å². The van der Waals surface area contributed by atoms with Crippen LogP contribution in [0.1, 0.15) is 27.6 Å². The fourth-order valence-corrected chi connectivity index (χ4v) is 2.19. The van der Waals surface area contributed by atoms with Crippen LogP contribution >= 0.6 is 0 Å². The summed E-state index contributed by atoms with van der Waals surface area (Å²) in [5, 5.41) is 0. The van der Waals surface area contributed by atoms with Crippen molar-refractivity contribution < 1.29 is 23.5 Å². The lowest BCUT2D eigenvalue weighted by molar-refractivity contribution is 0.0475. The van der Waals surface area contributed by atoms with Gasteiger partial charge in [-0.2, -0.15) is 0 Å². The molecule has 0 radical (unpaired) electrons. The summed E-state index contributed by atoms with van der Waals surface area (Å²) in [7, 11) is 0. The zero-order chi connectivity index (χ0) is 16.9. The van der Waals surface area contributed by atoms with Crippen LogP contribution in [0.3, 0.4) is 0 Å². The number of aromatic nitrogens is 1. The molecule has 1 aromatic heterocycles. The first-order chi connectivity index (χ1) is 11.7. The number of esters is 1. The van der Waals surface area contributed by atoms with E-state index in [-0.39, 0.29) is 12.4 Å². The maximum atomic E-state index is 12.1. The van der Waals surface area contributed by atoms with Gasteiger partial charge in [0.1, 0.15) is 11.3 Å². The normalized spacial score (nSPS) is 10.5. The molecule has 0 aliphatic heterocycles. The van der Waals surface area contributed by atoms with Gasteiger partial charge < -0.3 is 13.9 Å². The number of rotatable bonds is 6. The molecule has 0 amide bonds. The molecule has 6 heteroatoms. The number of ketones is 1. The van der Waals surface area contributed by atoms with Crippen LogP contribution in [0.4, 0.5) is 0 Å². The maximum Gasteiger partial charge on any atom is 0.338 e. The molecule has 0 unspecified atom stereocenters. The van der Waals surface area contributed by atoms with Crippen LogP contribution in [0.25, 0.3) is 11.1 Å². The Bertz CT molecular complexity index is 867. The average Bonchev–Trinajstić information content (AvgIpc) is 3.08. The number of nitrogens with zero attached hydrogens (tertiary/aromatic N) is 1. The molecule has 0 spiro atoms. The lowest BCUT2D eigenvalue weighted by Gasteiger charge is -2.06. The number of oxazole rings is 1. The van der Waals surface area contributed by atoms with Crippen molar-refractivity contribution >= 4 is 22.9 Å². The quantitative estimate of drug-likeness (QED) is 0.511. The Hall–Kier alpha value is -3.15. The molecule has 0 atom stereocenters. The number of carbonyl (C=O) groups excluding carboxylic acids is 2. The Morgan fingerprint density at radius 2 is 1.83 bits per heavy atom. The van der Waals surface area contributed by atoms with E-state index >= 15 is 0 Å². The van der Waals surface area contributed by atoms with Crippen molar-refractivity contribution in [3.63, 3.8) is 0 Å². The number of hydrogen-bond donors (Lipinski definition) is 0. The lowest BCUT2D eigenvalue weighted by Crippen LogP contribution is -2.14. The molecule has 0 saturated heterocycles. The predicted molar refractivity (Wildman–Crippen MR) is 86.2 cm³/mol. The molecule has 0 aliphatic carbocycles. The van der Waals surface area contributed by atoms with Crippen molar-refractivity contribution in [2.45, 2.75) is 6.92 Å². The van der Waals surface area contributed by atoms with Gasteiger partial charge in [0.15, 0.2) is 24.4 Å². The van der Waals surface area contributed by atoms with E-state index in [1.165, 1.54) is 6.39 Å². The van der Waals surface area contributed by atoms with Crippen LogP contribution in [0.2, 0.25) is 0 Å². The molecular weight excluding hydrogens is 310 g/mol. The Morgan fingerprint density at radius 3 is 2.58 bits per heavy atom. The Balaban J connectivity index is 1.61. The fourth-order valence-electron chi connectivity index (χ4n) is 2.19. The minimum absolute atomic E-state index is 0.283. The molecule has 122 valence electrons. The molecule has 24 heavy (non-hydrogen) atoms. The van der Waals surface area contributed by atoms with Crippen LogP contribution in [0.5, 0.6) is 5.75 Å². The third-order valence-electron chi connectivity index (χ3n) is 3.39. The minimum atomic E-state index is -0.584. The molecule has 6 nitrogen and oxygen atoms in total. The topological polar surface area (TPSA) is 78.6 Å². The van der Waals surface area contributed by atoms with Gasteiger partial charge in [0.25, 0.3) is 0 Å². The lowest BCUT2D eigenvalue weighted by atomic mass is 10.1. The highest BCUT2D eigenvalue weighted by atomic mass is 16.5. The summed E-state index contributed by atoms with van der Waals surface area (Å²) in [4.78, 5) is 28.1. The van der Waals surface area contributed by atoms with E-state index in [0.717, 1.165) is 0 Å². The Labute approximate surface area is 138 Å². The van der Waals surface area contributed by atoms with Gasteiger partial charge in [-0.1, -0.05) is 0 Å². The van der Waals surface area contributed by atoms with Crippen molar-refractivity contribution in [1.29, 1.82) is 0 Å². The van der Waals surface area contributed by atoms with Crippen LogP contribution in [-0.2, 0) is 4.74 Å². The summed E-state index contributed by atoms with van der Waals surface area (Å²) in [6, 6.07) is 11.5. The third kappa shape index (κ3) is 3.43. The Kier molecular flexibility index (Phi) is 4.56. The standard InChI is InChI=1S/C18H15NO5/c1-2-22-14-6-3-12(4-7-14)16(20)10-23-18(21)13-5-8-17-15(9-13)19-11-24-17/h3-9,11H,2,10H2,1H3. The monoisotopic (exact) mass is 325 g/mol. The van der Waals surface area contributed by atoms with E-state index in [2.05, 4.69) is 4.98 Å². The second-order valence-corrected chi connectivity index (χ2v) is 4.99. The van der Waals surface area contributed by atoms with Crippen LogP contribution in [0, 0.1) is 0 Å². The molecule has 3 aromatic rings. The van der Waals surface area contributed by atoms with E-state index in [4.69, 9.17) is 13.9 Å². The number of ether oxygens (including phenoxy) is 2. The summed E-state index contributed by atoms with van der Waals surface area (Å²) in [5.41, 5.74) is 1.91. The predicted octanol–water partition coefficient (Wildman–Crippen LogP) is 3.27. The number of fused-ring (bicyclic) bond motifs is 1. The number of hydrogen-bond acceptors (Lipinski definition) is 6. The summed E-state index contributed by atoms with van der Waals surface area (Å²) < 4.78 is 15.5. The zero-order valence-electron chi connectivity index (χ0n) is 13.0. The second-order valence-electron chi connectivity index (χ2n) is 4.99. The zero-order valence-corrected chi connectivity index (χ0v) is 13.0. The molecule has 1 heterocycles. The van der Waals surface area contributed by atoms with Gasteiger partial charge >= 0.3 is 5.97 Å². The third-order valence-corrected chi connectivity index (χ3v) is 3.39. The van der Waals surface area contributed by atoms with Gasteiger partial charge in [-0.05, 0) is 49.4 Å². The average molecular weight is 325 g/mol. The molecule has 0 saturated carbocycles. The first-order valence-corrected chi connectivity index (χ1v) is 7.44. The molecule has 0 bridgehead atoms. The van der Waals surface area contributed by atoms with Crippen molar-refractivity contribution in [2.75, 3.05) is 13.2 Å². The van der Waals surface area contributed by atoms with Crippen LogP contribution < -0.4 is 4.74 Å². The van der Waals surface area contributed by atoms with Crippen LogP contribution in [0.15, 0.2) is 53.3 Å². The van der Waals surface area contributed by atoms with Crippen molar-refractivity contribution in [3.8, 4) is 5.75 Å². The number of carbonyl (C=O) groups is 2.